The van der Waals surface area contributed by atoms with Crippen molar-refractivity contribution in [3.8, 4) is 17.0 Å². The van der Waals surface area contributed by atoms with E-state index < -0.39 is 41.5 Å². The van der Waals surface area contributed by atoms with Crippen LogP contribution >= 0.6 is 0 Å². The molecule has 1 heterocycles. The number of aryl methyl sites for hydroxylation is 1. The maximum atomic E-state index is 13.7. The summed E-state index contributed by atoms with van der Waals surface area (Å²) in [5.74, 6) is -4.98. The van der Waals surface area contributed by atoms with Gasteiger partial charge in [-0.15, -0.1) is 0 Å². The topological polar surface area (TPSA) is 83.2 Å². The van der Waals surface area contributed by atoms with E-state index in [0.29, 0.717) is 12.5 Å². The van der Waals surface area contributed by atoms with Crippen molar-refractivity contribution in [3.63, 3.8) is 0 Å². The minimum absolute atomic E-state index is 0.0951. The van der Waals surface area contributed by atoms with E-state index in [1.165, 1.54) is 0 Å². The zero-order valence-corrected chi connectivity index (χ0v) is 18.8. The maximum Gasteiger partial charge on any atom is 0.243 e. The van der Waals surface area contributed by atoms with E-state index in [9.17, 15) is 22.8 Å². The molecule has 4 aromatic rings. The molecule has 1 aromatic heterocycles. The summed E-state index contributed by atoms with van der Waals surface area (Å²) < 4.78 is 45.3. The molecule has 0 bridgehead atoms. The highest BCUT2D eigenvalue weighted by atomic mass is 19.2. The lowest BCUT2D eigenvalue weighted by molar-refractivity contribution is -0.124. The number of rotatable bonds is 8. The van der Waals surface area contributed by atoms with Gasteiger partial charge in [-0.1, -0.05) is 18.2 Å². The molecule has 6 nitrogen and oxygen atoms in total. The summed E-state index contributed by atoms with van der Waals surface area (Å²) in [6, 6.07) is 16.9. The Labute approximate surface area is 199 Å². The smallest absolute Gasteiger partial charge is 0.243 e. The van der Waals surface area contributed by atoms with E-state index in [0.717, 1.165) is 39.5 Å². The Morgan fingerprint density at radius 2 is 1.66 bits per heavy atom. The Bertz CT molecular complexity index is 1380. The van der Waals surface area contributed by atoms with Crippen LogP contribution in [-0.4, -0.2) is 30.5 Å². The maximum absolute atomic E-state index is 13.7. The zero-order chi connectivity index (χ0) is 24.9. The first-order valence-corrected chi connectivity index (χ1v) is 10.8. The number of carbonyl (C=O) groups is 2. The van der Waals surface area contributed by atoms with Gasteiger partial charge in [-0.2, -0.15) is 0 Å². The zero-order valence-electron chi connectivity index (χ0n) is 18.8. The van der Waals surface area contributed by atoms with Crippen LogP contribution in [-0.2, 0) is 16.0 Å². The van der Waals surface area contributed by atoms with Crippen molar-refractivity contribution in [1.29, 1.82) is 0 Å². The number of hydrogen-bond donors (Lipinski definition) is 3. The highest BCUT2D eigenvalue weighted by Crippen LogP contribution is 2.32. The number of amides is 2. The van der Waals surface area contributed by atoms with Crippen LogP contribution in [0.15, 0.2) is 60.7 Å². The van der Waals surface area contributed by atoms with Crippen LogP contribution in [0.4, 0.5) is 18.9 Å². The van der Waals surface area contributed by atoms with Crippen molar-refractivity contribution in [2.24, 2.45) is 0 Å². The number of nitrogens with one attached hydrogen (secondary N) is 3. The molecular weight excluding hydrogens is 459 g/mol. The minimum Gasteiger partial charge on any atom is -0.497 e. The van der Waals surface area contributed by atoms with Crippen molar-refractivity contribution < 1.29 is 27.5 Å². The van der Waals surface area contributed by atoms with Gasteiger partial charge in [0.2, 0.25) is 11.8 Å². The van der Waals surface area contributed by atoms with Crippen LogP contribution in [0, 0.1) is 17.5 Å². The molecule has 0 unspecified atom stereocenters. The Hall–Kier alpha value is -4.27. The second kappa shape index (κ2) is 10.3. The first kappa shape index (κ1) is 23.9. The molecule has 180 valence electrons. The third-order valence-corrected chi connectivity index (χ3v) is 5.55. The van der Waals surface area contributed by atoms with E-state index >= 15 is 0 Å². The van der Waals surface area contributed by atoms with Gasteiger partial charge in [0.1, 0.15) is 5.75 Å². The number of methoxy groups -OCH3 is 1. The van der Waals surface area contributed by atoms with Crippen molar-refractivity contribution in [2.75, 3.05) is 19.0 Å². The third kappa shape index (κ3) is 5.29. The second-order valence-corrected chi connectivity index (χ2v) is 7.80. The monoisotopic (exact) mass is 481 g/mol. The first-order valence-electron chi connectivity index (χ1n) is 10.8. The molecule has 2 amide bonds. The average molecular weight is 481 g/mol. The van der Waals surface area contributed by atoms with Crippen LogP contribution in [0.1, 0.15) is 12.0 Å². The SMILES string of the molecule is COc1ccc(-c2[nH]c3ccccc3c2CCC(=O)NCC(=O)Nc2ccc(F)c(F)c2F)cc1. The Morgan fingerprint density at radius 3 is 2.40 bits per heavy atom. The fourth-order valence-corrected chi connectivity index (χ4v) is 3.79. The number of fused-ring (bicyclic) bond motifs is 1. The van der Waals surface area contributed by atoms with Crippen molar-refractivity contribution >= 4 is 28.4 Å². The van der Waals surface area contributed by atoms with Gasteiger partial charge in [-0.25, -0.2) is 13.2 Å². The minimum atomic E-state index is -1.68. The number of carbonyl (C=O) groups excluding carboxylic acids is 2. The predicted molar refractivity (Wildman–Crippen MR) is 127 cm³/mol. The second-order valence-electron chi connectivity index (χ2n) is 7.80. The molecule has 0 aliphatic heterocycles. The number of aromatic nitrogens is 1. The fraction of sp³-hybridized carbons (Fsp3) is 0.154. The van der Waals surface area contributed by atoms with Crippen LogP contribution in [0.2, 0.25) is 0 Å². The number of anilines is 1. The summed E-state index contributed by atoms with van der Waals surface area (Å²) in [6.45, 7) is -0.448. The number of para-hydroxylation sites is 1. The molecule has 3 N–H and O–H groups in total. The Kier molecular flexibility index (Phi) is 7.05. The molecule has 0 spiro atoms. The summed E-state index contributed by atoms with van der Waals surface area (Å²) in [5, 5.41) is 5.57. The van der Waals surface area contributed by atoms with E-state index in [2.05, 4.69) is 15.6 Å². The van der Waals surface area contributed by atoms with Crippen LogP contribution in [0.25, 0.3) is 22.2 Å². The summed E-state index contributed by atoms with van der Waals surface area (Å²) in [6.07, 6.45) is 0.494. The molecule has 0 saturated carbocycles. The van der Waals surface area contributed by atoms with Crippen LogP contribution in [0.5, 0.6) is 5.75 Å². The Morgan fingerprint density at radius 1 is 0.914 bits per heavy atom. The van der Waals surface area contributed by atoms with Crippen molar-refractivity contribution in [3.05, 3.63) is 83.7 Å². The summed E-state index contributed by atoms with van der Waals surface area (Å²) in [7, 11) is 1.59. The molecule has 9 heteroatoms. The molecule has 4 rings (SSSR count). The quantitative estimate of drug-likeness (QED) is 0.312. The molecule has 0 saturated heterocycles. The van der Waals surface area contributed by atoms with E-state index in [1.807, 2.05) is 48.5 Å². The van der Waals surface area contributed by atoms with Crippen molar-refractivity contribution in [1.82, 2.24) is 10.3 Å². The van der Waals surface area contributed by atoms with Crippen LogP contribution < -0.4 is 15.4 Å². The number of aromatic amines is 1. The van der Waals surface area contributed by atoms with Gasteiger partial charge in [0, 0.05) is 23.0 Å². The molecule has 0 radical (unpaired) electrons. The highest BCUT2D eigenvalue weighted by molar-refractivity contribution is 5.95. The van der Waals surface area contributed by atoms with Gasteiger partial charge in [-0.3, -0.25) is 9.59 Å². The average Bonchev–Trinajstić information content (AvgIpc) is 3.25. The number of H-pyrrole nitrogens is 1. The fourth-order valence-electron chi connectivity index (χ4n) is 3.79. The number of ether oxygens (including phenoxy) is 1. The predicted octanol–water partition coefficient (Wildman–Crippen LogP) is 4.95. The molecule has 35 heavy (non-hydrogen) atoms. The lowest BCUT2D eigenvalue weighted by Gasteiger charge is -2.09. The van der Waals surface area contributed by atoms with Gasteiger partial charge >= 0.3 is 0 Å². The molecule has 0 aliphatic rings. The van der Waals surface area contributed by atoms with E-state index in [4.69, 9.17) is 4.74 Å². The lowest BCUT2D eigenvalue weighted by atomic mass is 10.0. The number of benzene rings is 3. The molecular formula is C26H22F3N3O3. The first-order chi connectivity index (χ1) is 16.9. The summed E-state index contributed by atoms with van der Waals surface area (Å²) >= 11 is 0. The van der Waals surface area contributed by atoms with E-state index in [1.54, 1.807) is 7.11 Å². The largest absolute Gasteiger partial charge is 0.497 e. The van der Waals surface area contributed by atoms with Gasteiger partial charge in [0.15, 0.2) is 17.5 Å². The molecule has 0 fully saturated rings. The molecule has 3 aromatic carbocycles. The standard InChI is InChI=1S/C26H22F3N3O3/c1-35-16-8-6-15(7-9-16)26-18(17-4-2-3-5-20(17)32-26)10-13-22(33)30-14-23(34)31-21-12-11-19(27)24(28)25(21)29/h2-9,11-12,32H,10,13-14H2,1H3,(H,30,33)(H,31,34). The van der Waals surface area contributed by atoms with Gasteiger partial charge in [0.25, 0.3) is 0 Å². The third-order valence-electron chi connectivity index (χ3n) is 5.55. The van der Waals surface area contributed by atoms with Gasteiger partial charge in [0.05, 0.1) is 19.3 Å². The summed E-state index contributed by atoms with van der Waals surface area (Å²) in [4.78, 5) is 27.9. The van der Waals surface area contributed by atoms with Gasteiger partial charge < -0.3 is 20.4 Å². The highest BCUT2D eigenvalue weighted by Gasteiger charge is 2.17. The lowest BCUT2D eigenvalue weighted by Crippen LogP contribution is -2.33. The Balaban J connectivity index is 1.41. The van der Waals surface area contributed by atoms with Crippen LogP contribution in [0.3, 0.4) is 0 Å². The number of hydrogen-bond acceptors (Lipinski definition) is 3. The van der Waals surface area contributed by atoms with Crippen molar-refractivity contribution in [2.45, 2.75) is 12.8 Å². The molecule has 0 atom stereocenters. The number of halogens is 3. The normalized spacial score (nSPS) is 10.9. The van der Waals surface area contributed by atoms with E-state index in [-0.39, 0.29) is 6.42 Å². The van der Waals surface area contributed by atoms with Gasteiger partial charge in [-0.05, 0) is 60.0 Å². The summed E-state index contributed by atoms with van der Waals surface area (Å²) in [5.41, 5.74) is 3.19. The molecule has 0 aliphatic carbocycles.